The van der Waals surface area contributed by atoms with Crippen LogP contribution < -0.4 is 5.56 Å². The van der Waals surface area contributed by atoms with Gasteiger partial charge in [-0.25, -0.2) is 0 Å². The molecular weight excluding hydrogens is 464 g/mol. The van der Waals surface area contributed by atoms with Gasteiger partial charge in [0.1, 0.15) is 0 Å². The molecule has 1 atom stereocenters. The van der Waals surface area contributed by atoms with E-state index in [4.69, 9.17) is 0 Å². The Kier molecular flexibility index (Phi) is 8.52. The third kappa shape index (κ3) is 5.94. The molecule has 2 aromatic rings. The maximum absolute atomic E-state index is 13.6. The summed E-state index contributed by atoms with van der Waals surface area (Å²) in [6.07, 6.45) is 2.21. The number of Topliss-reactive ketones (excluding diaryl/α,β-unsaturated/α-hetero) is 1. The van der Waals surface area contributed by atoms with Gasteiger partial charge in [-0.2, -0.15) is 0 Å². The van der Waals surface area contributed by atoms with Gasteiger partial charge in [0, 0.05) is 62.1 Å². The van der Waals surface area contributed by atoms with Crippen molar-refractivity contribution in [1.29, 1.82) is 0 Å². The standard InChI is InChI=1S/C26H30N4O6/c1-4-27(17-18(2)3)25(33)19-11-14-28(15-12-19)26(34)23(29-13-6-5-10-22(29)31)24(32)20-8-7-9-21(16-20)30(35)36/h5-10,13,16,19,23H,2,4,11-12,14-15,17H2,1,3H3. The largest absolute Gasteiger partial charge is 0.340 e. The number of nitro benzene ring substituents is 1. The zero-order valence-corrected chi connectivity index (χ0v) is 20.5. The Bertz CT molecular complexity index is 1230. The average molecular weight is 495 g/mol. The van der Waals surface area contributed by atoms with Crippen molar-refractivity contribution < 1.29 is 19.3 Å². The summed E-state index contributed by atoms with van der Waals surface area (Å²) in [5.74, 6) is -1.54. The molecule has 1 aromatic heterocycles. The molecule has 0 spiro atoms. The molecular formula is C26H30N4O6. The van der Waals surface area contributed by atoms with E-state index in [1.165, 1.54) is 47.5 Å². The molecule has 1 aliphatic heterocycles. The molecule has 2 heterocycles. The Hall–Kier alpha value is -4.08. The maximum atomic E-state index is 13.6. The normalized spacial score (nSPS) is 14.7. The third-order valence-electron chi connectivity index (χ3n) is 6.26. The highest BCUT2D eigenvalue weighted by molar-refractivity contribution is 6.12. The second-order valence-electron chi connectivity index (χ2n) is 8.93. The lowest BCUT2D eigenvalue weighted by molar-refractivity contribution is -0.384. The fraction of sp³-hybridized carbons (Fsp3) is 0.385. The monoisotopic (exact) mass is 494 g/mol. The van der Waals surface area contributed by atoms with Crippen LogP contribution in [0.15, 0.2) is 65.6 Å². The second kappa shape index (κ2) is 11.6. The van der Waals surface area contributed by atoms with Crippen LogP contribution >= 0.6 is 0 Å². The summed E-state index contributed by atoms with van der Waals surface area (Å²) in [7, 11) is 0. The van der Waals surface area contributed by atoms with Gasteiger partial charge in [0.25, 0.3) is 17.2 Å². The molecule has 10 nitrogen and oxygen atoms in total. The van der Waals surface area contributed by atoms with Gasteiger partial charge in [-0.15, -0.1) is 0 Å². The fourth-order valence-corrected chi connectivity index (χ4v) is 4.39. The number of benzene rings is 1. The van der Waals surface area contributed by atoms with Crippen LogP contribution in [-0.4, -0.2) is 63.1 Å². The van der Waals surface area contributed by atoms with Crippen LogP contribution in [0.25, 0.3) is 0 Å². The van der Waals surface area contributed by atoms with Gasteiger partial charge in [-0.1, -0.05) is 30.4 Å². The van der Waals surface area contributed by atoms with Gasteiger partial charge in [-0.05, 0) is 32.8 Å². The van der Waals surface area contributed by atoms with Crippen molar-refractivity contribution in [3.8, 4) is 0 Å². The predicted octanol–water partition coefficient (Wildman–Crippen LogP) is 2.84. The minimum absolute atomic E-state index is 0.0103. The van der Waals surface area contributed by atoms with Gasteiger partial charge in [0.15, 0.2) is 11.8 Å². The molecule has 0 N–H and O–H groups in total. The topological polar surface area (TPSA) is 123 Å². The highest BCUT2D eigenvalue weighted by Crippen LogP contribution is 2.25. The number of ketones is 1. The van der Waals surface area contributed by atoms with Crippen LogP contribution in [0.1, 0.15) is 43.1 Å². The molecule has 1 saturated heterocycles. The lowest BCUT2D eigenvalue weighted by atomic mass is 9.93. The quantitative estimate of drug-likeness (QED) is 0.174. The van der Waals surface area contributed by atoms with E-state index in [0.717, 1.165) is 16.2 Å². The third-order valence-corrected chi connectivity index (χ3v) is 6.26. The number of carbonyl (C=O) groups excluding carboxylic acids is 3. The summed E-state index contributed by atoms with van der Waals surface area (Å²) in [4.78, 5) is 66.4. The highest BCUT2D eigenvalue weighted by atomic mass is 16.6. The number of nitrogens with zero attached hydrogens (tertiary/aromatic N) is 4. The molecule has 10 heteroatoms. The molecule has 0 bridgehead atoms. The van der Waals surface area contributed by atoms with Crippen LogP contribution in [0.5, 0.6) is 0 Å². The van der Waals surface area contributed by atoms with E-state index < -0.39 is 28.2 Å². The second-order valence-corrected chi connectivity index (χ2v) is 8.93. The van der Waals surface area contributed by atoms with Crippen molar-refractivity contribution in [3.05, 3.63) is 86.8 Å². The number of carbonyl (C=O) groups is 3. The number of rotatable bonds is 9. The lowest BCUT2D eigenvalue weighted by Crippen LogP contribution is -2.49. The molecule has 190 valence electrons. The Morgan fingerprint density at radius 3 is 2.44 bits per heavy atom. The summed E-state index contributed by atoms with van der Waals surface area (Å²) in [5.41, 5.74) is 0.00969. The van der Waals surface area contributed by atoms with E-state index in [-0.39, 0.29) is 36.2 Å². The number of pyridine rings is 1. The van der Waals surface area contributed by atoms with Crippen LogP contribution in [0.4, 0.5) is 5.69 Å². The average Bonchev–Trinajstić information content (AvgIpc) is 2.88. The first-order chi connectivity index (χ1) is 17.1. The van der Waals surface area contributed by atoms with Crippen LogP contribution in [0, 0.1) is 16.0 Å². The molecule has 36 heavy (non-hydrogen) atoms. The maximum Gasteiger partial charge on any atom is 0.270 e. The van der Waals surface area contributed by atoms with Crippen molar-refractivity contribution in [2.24, 2.45) is 5.92 Å². The van der Waals surface area contributed by atoms with E-state index in [0.29, 0.717) is 25.9 Å². The molecule has 3 rings (SSSR count). The van der Waals surface area contributed by atoms with Crippen LogP contribution in [-0.2, 0) is 9.59 Å². The first-order valence-corrected chi connectivity index (χ1v) is 11.8. The molecule has 1 aliphatic rings. The highest BCUT2D eigenvalue weighted by Gasteiger charge is 2.37. The van der Waals surface area contributed by atoms with Gasteiger partial charge in [-0.3, -0.25) is 33.9 Å². The Morgan fingerprint density at radius 1 is 1.17 bits per heavy atom. The molecule has 1 aromatic carbocycles. The van der Waals surface area contributed by atoms with Crippen LogP contribution in [0.3, 0.4) is 0 Å². The Balaban J connectivity index is 1.84. The van der Waals surface area contributed by atoms with E-state index in [9.17, 15) is 29.3 Å². The number of likely N-dealkylation sites (tertiary alicyclic amines) is 1. The summed E-state index contributed by atoms with van der Waals surface area (Å²) >= 11 is 0. The number of aromatic nitrogens is 1. The lowest BCUT2D eigenvalue weighted by Gasteiger charge is -2.35. The van der Waals surface area contributed by atoms with Crippen molar-refractivity contribution in [3.63, 3.8) is 0 Å². The van der Waals surface area contributed by atoms with Crippen molar-refractivity contribution in [1.82, 2.24) is 14.4 Å². The van der Waals surface area contributed by atoms with E-state index in [1.807, 2.05) is 13.8 Å². The molecule has 1 unspecified atom stereocenters. The fourth-order valence-electron chi connectivity index (χ4n) is 4.39. The van der Waals surface area contributed by atoms with Gasteiger partial charge in [0.2, 0.25) is 5.91 Å². The number of piperidine rings is 1. The number of likely N-dealkylation sites (N-methyl/N-ethyl adjacent to an activating group) is 1. The van der Waals surface area contributed by atoms with Gasteiger partial charge < -0.3 is 9.80 Å². The first kappa shape index (κ1) is 26.5. The predicted molar refractivity (Wildman–Crippen MR) is 134 cm³/mol. The molecule has 0 aliphatic carbocycles. The molecule has 0 radical (unpaired) electrons. The van der Waals surface area contributed by atoms with E-state index in [1.54, 1.807) is 4.90 Å². The SMILES string of the molecule is C=C(C)CN(CC)C(=O)C1CCN(C(=O)C(C(=O)c2cccc([N+](=O)[O-])c2)n2ccccc2=O)CC1. The minimum Gasteiger partial charge on any atom is -0.340 e. The van der Waals surface area contributed by atoms with Gasteiger partial charge in [0.05, 0.1) is 4.92 Å². The Labute approximate surface area is 209 Å². The number of hydrogen-bond donors (Lipinski definition) is 0. The Morgan fingerprint density at radius 2 is 1.86 bits per heavy atom. The smallest absolute Gasteiger partial charge is 0.270 e. The number of amides is 2. The van der Waals surface area contributed by atoms with Crippen molar-refractivity contribution in [2.75, 3.05) is 26.2 Å². The van der Waals surface area contributed by atoms with E-state index >= 15 is 0 Å². The van der Waals surface area contributed by atoms with E-state index in [2.05, 4.69) is 6.58 Å². The summed E-state index contributed by atoms with van der Waals surface area (Å²) in [6.45, 7) is 9.17. The van der Waals surface area contributed by atoms with Gasteiger partial charge >= 0.3 is 0 Å². The number of hydrogen-bond acceptors (Lipinski definition) is 6. The zero-order valence-electron chi connectivity index (χ0n) is 20.5. The zero-order chi connectivity index (χ0) is 26.4. The number of non-ortho nitro benzene ring substituents is 1. The molecule has 2 amide bonds. The molecule has 0 saturated carbocycles. The number of nitro groups is 1. The molecule has 1 fully saturated rings. The first-order valence-electron chi connectivity index (χ1n) is 11.8. The summed E-state index contributed by atoms with van der Waals surface area (Å²) in [5, 5.41) is 11.2. The van der Waals surface area contributed by atoms with Crippen molar-refractivity contribution in [2.45, 2.75) is 32.7 Å². The summed E-state index contributed by atoms with van der Waals surface area (Å²) in [6, 6.07) is 7.86. The van der Waals surface area contributed by atoms with Crippen LogP contribution in [0.2, 0.25) is 0 Å². The van der Waals surface area contributed by atoms with Crippen molar-refractivity contribution >= 4 is 23.3 Å². The minimum atomic E-state index is -1.51. The summed E-state index contributed by atoms with van der Waals surface area (Å²) < 4.78 is 1.05.